The van der Waals surface area contributed by atoms with Crippen LogP contribution in [0.1, 0.15) is 44.5 Å². The molecule has 0 saturated carbocycles. The number of ether oxygens (including phenoxy) is 1. The van der Waals surface area contributed by atoms with Crippen molar-refractivity contribution >= 4 is 22.6 Å². The van der Waals surface area contributed by atoms with Gasteiger partial charge in [0.25, 0.3) is 0 Å². The van der Waals surface area contributed by atoms with Gasteiger partial charge >= 0.3 is 0 Å². The van der Waals surface area contributed by atoms with E-state index in [1.54, 1.807) is 0 Å². The summed E-state index contributed by atoms with van der Waals surface area (Å²) in [5.41, 5.74) is 4.39. The number of amides is 1. The first-order chi connectivity index (χ1) is 16.4. The molecule has 1 saturated heterocycles. The van der Waals surface area contributed by atoms with Crippen LogP contribution in [0, 0.1) is 0 Å². The fourth-order valence-electron chi connectivity index (χ4n) is 4.68. The van der Waals surface area contributed by atoms with E-state index in [1.165, 1.54) is 5.56 Å². The Hall–Kier alpha value is -3.60. The van der Waals surface area contributed by atoms with Gasteiger partial charge in [-0.25, -0.2) is 4.98 Å². The number of nitrogens with zero attached hydrogens (tertiary/aromatic N) is 3. The number of anilines is 1. The van der Waals surface area contributed by atoms with Gasteiger partial charge in [-0.05, 0) is 47.4 Å². The Morgan fingerprint density at radius 1 is 0.941 bits per heavy atom. The Kier molecular flexibility index (Phi) is 5.86. The first-order valence-corrected chi connectivity index (χ1v) is 11.9. The molecule has 5 rings (SSSR count). The molecule has 1 aromatic heterocycles. The highest BCUT2D eigenvalue weighted by Crippen LogP contribution is 2.33. The van der Waals surface area contributed by atoms with E-state index in [2.05, 4.69) is 43.5 Å². The molecule has 5 nitrogen and oxygen atoms in total. The predicted octanol–water partition coefficient (Wildman–Crippen LogP) is 5.93. The van der Waals surface area contributed by atoms with E-state index in [4.69, 9.17) is 9.72 Å². The highest BCUT2D eigenvalue weighted by atomic mass is 16.5. The molecule has 1 aliphatic heterocycles. The average molecular weight is 454 g/mol. The van der Waals surface area contributed by atoms with Gasteiger partial charge in [-0.15, -0.1) is 0 Å². The van der Waals surface area contributed by atoms with Gasteiger partial charge in [0.2, 0.25) is 5.91 Å². The molecule has 1 amide bonds. The number of carbonyl (C=O) groups is 1. The largest absolute Gasteiger partial charge is 0.492 e. The number of aromatic nitrogens is 2. The van der Waals surface area contributed by atoms with Crippen molar-refractivity contribution in [2.24, 2.45) is 0 Å². The number of fused-ring (bicyclic) bond motifs is 1. The fourth-order valence-corrected chi connectivity index (χ4v) is 4.68. The summed E-state index contributed by atoms with van der Waals surface area (Å²) in [6, 6.07) is 26.4. The topological polar surface area (TPSA) is 47.4 Å². The summed E-state index contributed by atoms with van der Waals surface area (Å²) in [5.74, 6) is 2.01. The number of hydrogen-bond donors (Lipinski definition) is 0. The van der Waals surface area contributed by atoms with Crippen molar-refractivity contribution < 1.29 is 9.53 Å². The number of carbonyl (C=O) groups excluding carboxylic acids is 1. The van der Waals surface area contributed by atoms with Gasteiger partial charge in [0.15, 0.2) is 0 Å². The van der Waals surface area contributed by atoms with E-state index >= 15 is 0 Å². The van der Waals surface area contributed by atoms with E-state index in [0.717, 1.165) is 28.3 Å². The van der Waals surface area contributed by atoms with Crippen molar-refractivity contribution in [1.29, 1.82) is 0 Å². The summed E-state index contributed by atoms with van der Waals surface area (Å²) in [7, 11) is 0. The van der Waals surface area contributed by atoms with Gasteiger partial charge in [0, 0.05) is 24.6 Å². The average Bonchev–Trinajstić information content (AvgIpc) is 3.40. The molecule has 0 aliphatic carbocycles. The summed E-state index contributed by atoms with van der Waals surface area (Å²) in [5, 5.41) is 0. The maximum Gasteiger partial charge on any atom is 0.227 e. The van der Waals surface area contributed by atoms with Gasteiger partial charge in [0.05, 0.1) is 17.6 Å². The van der Waals surface area contributed by atoms with Crippen LogP contribution in [-0.2, 0) is 16.8 Å². The highest BCUT2D eigenvalue weighted by molar-refractivity contribution is 5.96. The quantitative estimate of drug-likeness (QED) is 0.363. The Labute approximate surface area is 201 Å². The number of imidazole rings is 1. The van der Waals surface area contributed by atoms with Crippen LogP contribution in [0.25, 0.3) is 11.0 Å². The summed E-state index contributed by atoms with van der Waals surface area (Å²) >= 11 is 0. The number of hydrogen-bond acceptors (Lipinski definition) is 3. The summed E-state index contributed by atoms with van der Waals surface area (Å²) in [4.78, 5) is 19.7. The van der Waals surface area contributed by atoms with Crippen molar-refractivity contribution in [2.75, 3.05) is 18.1 Å². The maximum absolute atomic E-state index is 12.8. The van der Waals surface area contributed by atoms with Gasteiger partial charge in [-0.3, -0.25) is 4.79 Å². The molecule has 1 atom stereocenters. The zero-order valence-corrected chi connectivity index (χ0v) is 20.1. The number of para-hydroxylation sites is 3. The second kappa shape index (κ2) is 8.98. The molecule has 4 aromatic rings. The number of benzene rings is 3. The number of rotatable bonds is 6. The van der Waals surface area contributed by atoms with Crippen molar-refractivity contribution in [2.45, 2.75) is 45.1 Å². The Bertz CT molecular complexity index is 1290. The van der Waals surface area contributed by atoms with Crippen LogP contribution >= 0.6 is 0 Å². The monoisotopic (exact) mass is 453 g/mol. The lowest BCUT2D eigenvalue weighted by atomic mass is 9.87. The minimum atomic E-state index is 0.0474. The van der Waals surface area contributed by atoms with Crippen LogP contribution in [0.3, 0.4) is 0 Å². The Morgan fingerprint density at radius 3 is 2.38 bits per heavy atom. The lowest BCUT2D eigenvalue weighted by molar-refractivity contribution is -0.117. The fraction of sp³-hybridized carbons (Fsp3) is 0.310. The second-order valence-corrected chi connectivity index (χ2v) is 9.97. The standard InChI is InChI=1S/C29H31N3O2/c1-29(2,3)22-13-15-24(16-14-22)34-18-17-31-26-12-8-7-11-25(26)30-28(31)21-19-27(33)32(20-21)23-9-5-4-6-10-23/h4-16,21H,17-20H2,1-3H3. The minimum Gasteiger partial charge on any atom is -0.492 e. The zero-order chi connectivity index (χ0) is 23.7. The highest BCUT2D eigenvalue weighted by Gasteiger charge is 2.34. The molecular formula is C29H31N3O2. The van der Waals surface area contributed by atoms with Crippen LogP contribution in [0.2, 0.25) is 0 Å². The first kappa shape index (κ1) is 22.2. The Balaban J connectivity index is 1.35. The van der Waals surface area contributed by atoms with Crippen LogP contribution in [0.4, 0.5) is 5.69 Å². The molecule has 174 valence electrons. The van der Waals surface area contributed by atoms with E-state index in [0.29, 0.717) is 26.1 Å². The molecule has 2 heterocycles. The van der Waals surface area contributed by atoms with Crippen molar-refractivity contribution in [3.05, 3.63) is 90.3 Å². The SMILES string of the molecule is CC(C)(C)c1ccc(OCCn2c(C3CC(=O)N(c4ccccc4)C3)nc3ccccc32)cc1. The van der Waals surface area contributed by atoms with Crippen molar-refractivity contribution in [3.63, 3.8) is 0 Å². The van der Waals surface area contributed by atoms with Gasteiger partial charge in [-0.2, -0.15) is 0 Å². The maximum atomic E-state index is 12.8. The summed E-state index contributed by atoms with van der Waals surface area (Å²) in [6.45, 7) is 8.48. The molecule has 0 spiro atoms. The van der Waals surface area contributed by atoms with Crippen LogP contribution in [-0.4, -0.2) is 28.6 Å². The molecule has 1 unspecified atom stereocenters. The predicted molar refractivity (Wildman–Crippen MR) is 137 cm³/mol. The van der Waals surface area contributed by atoms with Gasteiger partial charge < -0.3 is 14.2 Å². The zero-order valence-electron chi connectivity index (χ0n) is 20.1. The first-order valence-electron chi connectivity index (χ1n) is 11.9. The third-order valence-corrected chi connectivity index (χ3v) is 6.55. The molecule has 0 bridgehead atoms. The molecule has 0 radical (unpaired) electrons. The molecule has 1 fully saturated rings. The lowest BCUT2D eigenvalue weighted by Gasteiger charge is -2.19. The summed E-state index contributed by atoms with van der Waals surface area (Å²) in [6.07, 6.45) is 0.466. The van der Waals surface area contributed by atoms with Crippen molar-refractivity contribution in [3.8, 4) is 5.75 Å². The van der Waals surface area contributed by atoms with Crippen LogP contribution in [0.15, 0.2) is 78.9 Å². The third-order valence-electron chi connectivity index (χ3n) is 6.55. The molecular weight excluding hydrogens is 422 g/mol. The van der Waals surface area contributed by atoms with Crippen LogP contribution in [0.5, 0.6) is 5.75 Å². The minimum absolute atomic E-state index is 0.0474. The Morgan fingerprint density at radius 2 is 1.65 bits per heavy atom. The van der Waals surface area contributed by atoms with Gasteiger partial charge in [0.1, 0.15) is 18.2 Å². The van der Waals surface area contributed by atoms with Crippen LogP contribution < -0.4 is 9.64 Å². The van der Waals surface area contributed by atoms with E-state index < -0.39 is 0 Å². The molecule has 3 aromatic carbocycles. The second-order valence-electron chi connectivity index (χ2n) is 9.97. The smallest absolute Gasteiger partial charge is 0.227 e. The molecule has 1 aliphatic rings. The van der Waals surface area contributed by atoms with Gasteiger partial charge in [-0.1, -0.05) is 63.2 Å². The van der Waals surface area contributed by atoms with E-state index in [-0.39, 0.29) is 17.2 Å². The lowest BCUT2D eigenvalue weighted by Crippen LogP contribution is -2.24. The summed E-state index contributed by atoms with van der Waals surface area (Å²) < 4.78 is 8.33. The normalized spacial score (nSPS) is 16.4. The third kappa shape index (κ3) is 4.43. The van der Waals surface area contributed by atoms with E-state index in [9.17, 15) is 4.79 Å². The molecule has 34 heavy (non-hydrogen) atoms. The molecule has 0 N–H and O–H groups in total. The van der Waals surface area contributed by atoms with Crippen molar-refractivity contribution in [1.82, 2.24) is 9.55 Å². The van der Waals surface area contributed by atoms with E-state index in [1.807, 2.05) is 65.6 Å². The molecule has 5 heteroatoms.